The molecule has 0 fully saturated rings. The summed E-state index contributed by atoms with van der Waals surface area (Å²) >= 11 is 0. The summed E-state index contributed by atoms with van der Waals surface area (Å²) in [5, 5.41) is 2.99. The van der Waals surface area contributed by atoms with Crippen LogP contribution in [0.1, 0.15) is 17.5 Å². The zero-order valence-corrected chi connectivity index (χ0v) is 11.1. The Kier molecular flexibility index (Phi) is 4.41. The van der Waals surface area contributed by atoms with E-state index < -0.39 is 0 Å². The second-order valence-electron chi connectivity index (χ2n) is 4.39. The van der Waals surface area contributed by atoms with Crippen LogP contribution in [0, 0.1) is 0 Å². The van der Waals surface area contributed by atoms with Crippen LogP contribution in [0.4, 0.5) is 0 Å². The highest BCUT2D eigenvalue weighted by Crippen LogP contribution is 2.17. The highest BCUT2D eigenvalue weighted by Gasteiger charge is 2.08. The van der Waals surface area contributed by atoms with Crippen molar-refractivity contribution < 1.29 is 4.74 Å². The molecule has 1 aromatic heterocycles. The minimum Gasteiger partial charge on any atom is -0.496 e. The first-order valence-electron chi connectivity index (χ1n) is 6.35. The molecular formula is C14H19N3O2. The maximum Gasteiger partial charge on any atom is 0.269 e. The monoisotopic (exact) mass is 261 g/mol. The molecule has 1 heterocycles. The number of nitrogens with two attached hydrogens (primary N) is 1. The molecule has 5 heteroatoms. The molecule has 2 rings (SSSR count). The summed E-state index contributed by atoms with van der Waals surface area (Å²) in [5.41, 5.74) is 7.22. The quantitative estimate of drug-likeness (QED) is 0.818. The Morgan fingerprint density at radius 3 is 2.84 bits per heavy atom. The molecule has 0 saturated heterocycles. The Bertz CT molecular complexity index is 586. The van der Waals surface area contributed by atoms with Crippen molar-refractivity contribution in [3.63, 3.8) is 0 Å². The average molecular weight is 261 g/mol. The second kappa shape index (κ2) is 6.24. The lowest BCUT2D eigenvalue weighted by molar-refractivity contribution is 0.407. The number of nitrogens with zero attached hydrogens (tertiary/aromatic N) is 1. The Morgan fingerprint density at radius 1 is 1.32 bits per heavy atom. The summed E-state index contributed by atoms with van der Waals surface area (Å²) < 4.78 is 6.87. The lowest BCUT2D eigenvalue weighted by Gasteiger charge is -2.07. The number of aryl methyl sites for hydroxylation is 1. The molecule has 2 aromatic rings. The number of hydrogen-bond donors (Lipinski definition) is 2. The van der Waals surface area contributed by atoms with Crippen LogP contribution in [0.5, 0.6) is 5.75 Å². The molecule has 0 aliphatic rings. The Balaban J connectivity index is 2.19. The number of aromatic nitrogens is 2. The van der Waals surface area contributed by atoms with Crippen molar-refractivity contribution in [2.24, 2.45) is 5.73 Å². The number of para-hydroxylation sites is 1. The largest absolute Gasteiger partial charge is 0.496 e. The van der Waals surface area contributed by atoms with Crippen LogP contribution in [-0.2, 0) is 13.0 Å². The summed E-state index contributed by atoms with van der Waals surface area (Å²) in [4.78, 5) is 12.1. The van der Waals surface area contributed by atoms with E-state index in [2.05, 4.69) is 5.10 Å². The Hall–Kier alpha value is -2.01. The number of hydrogen-bond acceptors (Lipinski definition) is 3. The van der Waals surface area contributed by atoms with Gasteiger partial charge in [-0.1, -0.05) is 18.2 Å². The predicted octanol–water partition coefficient (Wildman–Crippen LogP) is 1.12. The van der Waals surface area contributed by atoms with Gasteiger partial charge >= 0.3 is 0 Å². The number of aromatic amines is 1. The Labute approximate surface area is 112 Å². The highest BCUT2D eigenvalue weighted by atomic mass is 16.5. The zero-order chi connectivity index (χ0) is 13.7. The molecule has 0 aliphatic heterocycles. The van der Waals surface area contributed by atoms with E-state index in [9.17, 15) is 4.79 Å². The smallest absolute Gasteiger partial charge is 0.269 e. The first-order chi connectivity index (χ1) is 9.26. The van der Waals surface area contributed by atoms with E-state index in [-0.39, 0.29) is 5.56 Å². The van der Waals surface area contributed by atoms with Crippen molar-refractivity contribution in [2.75, 3.05) is 13.7 Å². The van der Waals surface area contributed by atoms with Crippen molar-refractivity contribution >= 4 is 0 Å². The van der Waals surface area contributed by atoms with Gasteiger partial charge in [0, 0.05) is 17.3 Å². The molecule has 0 spiro atoms. The van der Waals surface area contributed by atoms with Gasteiger partial charge in [0.25, 0.3) is 5.56 Å². The van der Waals surface area contributed by atoms with Gasteiger partial charge in [-0.2, -0.15) is 0 Å². The summed E-state index contributed by atoms with van der Waals surface area (Å²) in [6.07, 6.45) is 3.29. The number of methoxy groups -OCH3 is 1. The highest BCUT2D eigenvalue weighted by molar-refractivity contribution is 5.33. The van der Waals surface area contributed by atoms with Crippen molar-refractivity contribution in [3.8, 4) is 5.75 Å². The summed E-state index contributed by atoms with van der Waals surface area (Å²) in [5.74, 6) is 0.785. The van der Waals surface area contributed by atoms with Gasteiger partial charge in [0.1, 0.15) is 5.75 Å². The zero-order valence-electron chi connectivity index (χ0n) is 11.1. The van der Waals surface area contributed by atoms with Gasteiger partial charge in [-0.15, -0.1) is 0 Å². The van der Waals surface area contributed by atoms with Crippen LogP contribution < -0.4 is 16.0 Å². The lowest BCUT2D eigenvalue weighted by Crippen LogP contribution is -2.20. The van der Waals surface area contributed by atoms with E-state index in [1.165, 1.54) is 0 Å². The van der Waals surface area contributed by atoms with E-state index in [0.29, 0.717) is 19.5 Å². The number of benzene rings is 1. The summed E-state index contributed by atoms with van der Waals surface area (Å²) in [6, 6.07) is 7.68. The number of H-pyrrole nitrogens is 1. The first kappa shape index (κ1) is 13.4. The standard InChI is InChI=1S/C14H19N3O2/c1-19-13-7-3-2-5-12(13)10-17-14(18)11(9-16-17)6-4-8-15/h2-3,5,7,9,16H,4,6,8,10,15H2,1H3. The van der Waals surface area contributed by atoms with Crippen LogP contribution in [-0.4, -0.2) is 23.4 Å². The van der Waals surface area contributed by atoms with E-state index in [4.69, 9.17) is 10.5 Å². The van der Waals surface area contributed by atoms with E-state index in [0.717, 1.165) is 23.3 Å². The van der Waals surface area contributed by atoms with Gasteiger partial charge in [-0.25, -0.2) is 4.68 Å². The first-order valence-corrected chi connectivity index (χ1v) is 6.35. The normalized spacial score (nSPS) is 10.6. The number of rotatable bonds is 6. The molecular weight excluding hydrogens is 242 g/mol. The second-order valence-corrected chi connectivity index (χ2v) is 4.39. The lowest BCUT2D eigenvalue weighted by atomic mass is 10.2. The van der Waals surface area contributed by atoms with E-state index >= 15 is 0 Å². The molecule has 102 valence electrons. The molecule has 3 N–H and O–H groups in total. The van der Waals surface area contributed by atoms with Crippen molar-refractivity contribution in [2.45, 2.75) is 19.4 Å². The van der Waals surface area contributed by atoms with Gasteiger partial charge in [0.2, 0.25) is 0 Å². The van der Waals surface area contributed by atoms with Gasteiger partial charge in [-0.3, -0.25) is 4.79 Å². The van der Waals surface area contributed by atoms with Crippen molar-refractivity contribution in [3.05, 3.63) is 51.9 Å². The maximum atomic E-state index is 12.1. The molecule has 0 amide bonds. The predicted molar refractivity (Wildman–Crippen MR) is 74.5 cm³/mol. The van der Waals surface area contributed by atoms with Crippen LogP contribution in [0.3, 0.4) is 0 Å². The van der Waals surface area contributed by atoms with Crippen LogP contribution in [0.25, 0.3) is 0 Å². The molecule has 5 nitrogen and oxygen atoms in total. The van der Waals surface area contributed by atoms with Crippen LogP contribution in [0.2, 0.25) is 0 Å². The van der Waals surface area contributed by atoms with E-state index in [1.807, 2.05) is 24.3 Å². The molecule has 19 heavy (non-hydrogen) atoms. The van der Waals surface area contributed by atoms with Crippen LogP contribution in [0.15, 0.2) is 35.3 Å². The van der Waals surface area contributed by atoms with Gasteiger partial charge in [0.05, 0.1) is 13.7 Å². The molecule has 0 saturated carbocycles. The number of ether oxygens (including phenoxy) is 1. The van der Waals surface area contributed by atoms with Crippen molar-refractivity contribution in [1.82, 2.24) is 9.78 Å². The van der Waals surface area contributed by atoms with Crippen LogP contribution >= 0.6 is 0 Å². The van der Waals surface area contributed by atoms with E-state index in [1.54, 1.807) is 18.0 Å². The summed E-state index contributed by atoms with van der Waals surface area (Å²) in [7, 11) is 1.63. The minimum absolute atomic E-state index is 0.0133. The molecule has 1 aromatic carbocycles. The third kappa shape index (κ3) is 3.06. The average Bonchev–Trinajstić information content (AvgIpc) is 2.78. The third-order valence-corrected chi connectivity index (χ3v) is 3.09. The fourth-order valence-corrected chi connectivity index (χ4v) is 2.04. The maximum absolute atomic E-state index is 12.1. The van der Waals surface area contributed by atoms with Gasteiger partial charge in [0.15, 0.2) is 0 Å². The SMILES string of the molecule is COc1ccccc1Cn1[nH]cc(CCCN)c1=O. The minimum atomic E-state index is 0.0133. The molecule has 0 bridgehead atoms. The summed E-state index contributed by atoms with van der Waals surface area (Å²) in [6.45, 7) is 1.07. The van der Waals surface area contributed by atoms with Gasteiger partial charge in [-0.05, 0) is 25.5 Å². The molecule has 0 aliphatic carbocycles. The molecule has 0 atom stereocenters. The molecule has 0 radical (unpaired) electrons. The third-order valence-electron chi connectivity index (χ3n) is 3.09. The number of nitrogens with one attached hydrogen (secondary N) is 1. The Morgan fingerprint density at radius 2 is 2.11 bits per heavy atom. The fourth-order valence-electron chi connectivity index (χ4n) is 2.04. The topological polar surface area (TPSA) is 73.0 Å². The fraction of sp³-hybridized carbons (Fsp3) is 0.357. The van der Waals surface area contributed by atoms with Gasteiger partial charge < -0.3 is 15.6 Å². The van der Waals surface area contributed by atoms with Crippen molar-refractivity contribution in [1.29, 1.82) is 0 Å². The molecule has 0 unspecified atom stereocenters.